The van der Waals surface area contributed by atoms with Gasteiger partial charge in [-0.25, -0.2) is 4.98 Å². The Morgan fingerprint density at radius 3 is 2.89 bits per heavy atom. The van der Waals surface area contributed by atoms with E-state index in [0.717, 1.165) is 25.5 Å². The third-order valence-electron chi connectivity index (χ3n) is 3.95. The lowest BCUT2D eigenvalue weighted by Crippen LogP contribution is -2.30. The van der Waals surface area contributed by atoms with E-state index in [4.69, 9.17) is 9.72 Å². The minimum atomic E-state index is -0.126. The first-order chi connectivity index (χ1) is 8.73. The van der Waals surface area contributed by atoms with Crippen LogP contribution in [0, 0.1) is 0 Å². The molecular formula is C14H22N2OS. The summed E-state index contributed by atoms with van der Waals surface area (Å²) in [4.78, 5) is 6.36. The minimum Gasteiger partial charge on any atom is -0.368 e. The minimum absolute atomic E-state index is 0.126. The highest BCUT2D eigenvalue weighted by molar-refractivity contribution is 7.11. The van der Waals surface area contributed by atoms with Crippen LogP contribution >= 0.6 is 11.3 Å². The molecule has 2 heterocycles. The second-order valence-electron chi connectivity index (χ2n) is 5.67. The van der Waals surface area contributed by atoms with Crippen molar-refractivity contribution < 1.29 is 4.74 Å². The van der Waals surface area contributed by atoms with E-state index in [9.17, 15) is 0 Å². The monoisotopic (exact) mass is 266 g/mol. The number of hydrogen-bond donors (Lipinski definition) is 1. The van der Waals surface area contributed by atoms with Crippen LogP contribution < -0.4 is 5.32 Å². The summed E-state index contributed by atoms with van der Waals surface area (Å²) < 4.78 is 6.03. The molecule has 3 nitrogen and oxygen atoms in total. The number of aromatic nitrogens is 1. The topological polar surface area (TPSA) is 34.1 Å². The molecular weight excluding hydrogens is 244 g/mol. The summed E-state index contributed by atoms with van der Waals surface area (Å²) in [6.07, 6.45) is 6.20. The van der Waals surface area contributed by atoms with Gasteiger partial charge in [-0.3, -0.25) is 0 Å². The van der Waals surface area contributed by atoms with Crippen LogP contribution in [0.25, 0.3) is 0 Å². The summed E-state index contributed by atoms with van der Waals surface area (Å²) in [5.41, 5.74) is 1.22. The molecule has 4 heteroatoms. The molecule has 1 saturated carbocycles. The number of rotatable bonds is 4. The summed E-state index contributed by atoms with van der Waals surface area (Å²) in [5, 5.41) is 4.47. The van der Waals surface area contributed by atoms with Gasteiger partial charge < -0.3 is 10.1 Å². The van der Waals surface area contributed by atoms with Gasteiger partial charge in [-0.2, -0.15) is 0 Å². The third-order valence-corrected chi connectivity index (χ3v) is 5.27. The van der Waals surface area contributed by atoms with Crippen LogP contribution in [-0.2, 0) is 16.9 Å². The molecule has 1 aliphatic carbocycles. The second-order valence-corrected chi connectivity index (χ2v) is 6.75. The fourth-order valence-corrected chi connectivity index (χ4v) is 3.94. The van der Waals surface area contributed by atoms with Crippen molar-refractivity contribution in [2.75, 3.05) is 13.7 Å². The van der Waals surface area contributed by atoms with Crippen molar-refractivity contribution in [1.29, 1.82) is 0 Å². The maximum atomic E-state index is 6.03. The normalized spacial score (nSPS) is 28.6. The van der Waals surface area contributed by atoms with Gasteiger partial charge in [0.2, 0.25) is 0 Å². The van der Waals surface area contributed by atoms with Crippen molar-refractivity contribution in [2.24, 2.45) is 0 Å². The summed E-state index contributed by atoms with van der Waals surface area (Å²) in [6, 6.07) is 0. The standard InChI is InChI=1S/C14H22N2OS/c1-14(7-3-4-8-17-14)13-16-12(10-5-6-10)11(18-13)9-15-2/h10,15H,3-9H2,1-2H3. The zero-order chi connectivity index (χ0) is 12.6. The van der Waals surface area contributed by atoms with E-state index in [2.05, 4.69) is 12.2 Å². The average Bonchev–Trinajstić information content (AvgIpc) is 3.12. The highest BCUT2D eigenvalue weighted by Gasteiger charge is 2.36. The van der Waals surface area contributed by atoms with E-state index < -0.39 is 0 Å². The average molecular weight is 266 g/mol. The van der Waals surface area contributed by atoms with Crippen molar-refractivity contribution in [3.05, 3.63) is 15.6 Å². The molecule has 1 aromatic heterocycles. The van der Waals surface area contributed by atoms with Gasteiger partial charge in [0.1, 0.15) is 10.6 Å². The molecule has 0 aromatic carbocycles. The maximum Gasteiger partial charge on any atom is 0.125 e. The summed E-state index contributed by atoms with van der Waals surface area (Å²) >= 11 is 1.86. The lowest BCUT2D eigenvalue weighted by molar-refractivity contribution is -0.0702. The van der Waals surface area contributed by atoms with Crippen LogP contribution in [0.15, 0.2) is 0 Å². The molecule has 1 aliphatic heterocycles. The number of hydrogen-bond acceptors (Lipinski definition) is 4. The quantitative estimate of drug-likeness (QED) is 0.909. The summed E-state index contributed by atoms with van der Waals surface area (Å²) in [7, 11) is 2.01. The molecule has 2 aliphatic rings. The van der Waals surface area contributed by atoms with E-state index >= 15 is 0 Å². The first-order valence-electron chi connectivity index (χ1n) is 7.01. The summed E-state index contributed by atoms with van der Waals surface area (Å²) in [5.74, 6) is 0.727. The number of nitrogens with one attached hydrogen (secondary N) is 1. The van der Waals surface area contributed by atoms with Gasteiger partial charge in [-0.05, 0) is 46.1 Å². The lowest BCUT2D eigenvalue weighted by atomic mass is 9.97. The molecule has 0 amide bonds. The van der Waals surface area contributed by atoms with Crippen molar-refractivity contribution >= 4 is 11.3 Å². The predicted molar refractivity (Wildman–Crippen MR) is 74.0 cm³/mol. The lowest BCUT2D eigenvalue weighted by Gasteiger charge is -2.31. The fourth-order valence-electron chi connectivity index (χ4n) is 2.66. The predicted octanol–water partition coefficient (Wildman–Crippen LogP) is 3.16. The second kappa shape index (κ2) is 4.91. The molecule has 1 saturated heterocycles. The SMILES string of the molecule is CNCc1sc(C2(C)CCCCO2)nc1C1CC1. The van der Waals surface area contributed by atoms with Gasteiger partial charge in [0, 0.05) is 23.9 Å². The molecule has 1 unspecified atom stereocenters. The van der Waals surface area contributed by atoms with Gasteiger partial charge in [-0.1, -0.05) is 0 Å². The van der Waals surface area contributed by atoms with E-state index in [0.29, 0.717) is 0 Å². The Morgan fingerprint density at radius 1 is 1.44 bits per heavy atom. The van der Waals surface area contributed by atoms with Gasteiger partial charge >= 0.3 is 0 Å². The van der Waals surface area contributed by atoms with Gasteiger partial charge in [0.05, 0.1) is 5.69 Å². The molecule has 3 rings (SSSR count). The Balaban J connectivity index is 1.89. The van der Waals surface area contributed by atoms with Crippen molar-refractivity contribution in [3.63, 3.8) is 0 Å². The van der Waals surface area contributed by atoms with E-state index in [1.54, 1.807) is 0 Å². The molecule has 1 atom stereocenters. The van der Waals surface area contributed by atoms with Crippen LogP contribution in [0.2, 0.25) is 0 Å². The van der Waals surface area contributed by atoms with Crippen LogP contribution in [0.1, 0.15) is 60.5 Å². The van der Waals surface area contributed by atoms with Crippen molar-refractivity contribution in [2.45, 2.75) is 57.1 Å². The molecule has 100 valence electrons. The van der Waals surface area contributed by atoms with E-state index in [1.807, 2.05) is 18.4 Å². The van der Waals surface area contributed by atoms with Crippen LogP contribution in [0.3, 0.4) is 0 Å². The molecule has 0 bridgehead atoms. The fraction of sp³-hybridized carbons (Fsp3) is 0.786. The van der Waals surface area contributed by atoms with E-state index in [1.165, 1.54) is 41.3 Å². The maximum absolute atomic E-state index is 6.03. The number of nitrogens with zero attached hydrogens (tertiary/aromatic N) is 1. The molecule has 0 radical (unpaired) electrons. The molecule has 2 fully saturated rings. The first-order valence-corrected chi connectivity index (χ1v) is 7.83. The summed E-state index contributed by atoms with van der Waals surface area (Å²) in [6.45, 7) is 4.04. The first kappa shape index (κ1) is 12.6. The molecule has 18 heavy (non-hydrogen) atoms. The number of thiazole rings is 1. The number of ether oxygens (including phenoxy) is 1. The zero-order valence-electron chi connectivity index (χ0n) is 11.3. The zero-order valence-corrected chi connectivity index (χ0v) is 12.1. The van der Waals surface area contributed by atoms with Crippen LogP contribution in [0.4, 0.5) is 0 Å². The Morgan fingerprint density at radius 2 is 2.28 bits per heavy atom. The Bertz CT molecular complexity index is 419. The highest BCUT2D eigenvalue weighted by atomic mass is 32.1. The van der Waals surface area contributed by atoms with Crippen molar-refractivity contribution in [3.8, 4) is 0 Å². The third kappa shape index (κ3) is 2.33. The molecule has 1 N–H and O–H groups in total. The van der Waals surface area contributed by atoms with E-state index in [-0.39, 0.29) is 5.60 Å². The van der Waals surface area contributed by atoms with Crippen LogP contribution in [-0.4, -0.2) is 18.6 Å². The molecule has 0 spiro atoms. The molecule has 1 aromatic rings. The van der Waals surface area contributed by atoms with Gasteiger partial charge in [-0.15, -0.1) is 11.3 Å². The smallest absolute Gasteiger partial charge is 0.125 e. The Kier molecular flexibility index (Phi) is 3.43. The Hall–Kier alpha value is -0.450. The van der Waals surface area contributed by atoms with Crippen molar-refractivity contribution in [1.82, 2.24) is 10.3 Å². The van der Waals surface area contributed by atoms with Crippen LogP contribution in [0.5, 0.6) is 0 Å². The largest absolute Gasteiger partial charge is 0.368 e. The van der Waals surface area contributed by atoms with Gasteiger partial charge in [0.25, 0.3) is 0 Å². The van der Waals surface area contributed by atoms with Gasteiger partial charge in [0.15, 0.2) is 0 Å². The Labute approximate surface area is 113 Å². The highest BCUT2D eigenvalue weighted by Crippen LogP contribution is 2.45.